The average molecular weight is 240 g/mol. The van der Waals surface area contributed by atoms with E-state index < -0.39 is 0 Å². The first kappa shape index (κ1) is 13.2. The Morgan fingerprint density at radius 1 is 1.44 bits per heavy atom. The van der Waals surface area contributed by atoms with Crippen LogP contribution in [0.5, 0.6) is 0 Å². The molecular weight excluding hydrogens is 222 g/mol. The van der Waals surface area contributed by atoms with E-state index in [4.69, 9.17) is 17.3 Å². The topological polar surface area (TPSA) is 43.1 Å². The molecule has 0 radical (unpaired) electrons. The summed E-state index contributed by atoms with van der Waals surface area (Å²) in [4.78, 5) is 12.1. The van der Waals surface area contributed by atoms with Crippen molar-refractivity contribution in [3.05, 3.63) is 34.9 Å². The summed E-state index contributed by atoms with van der Waals surface area (Å²) in [6.07, 6.45) is 0.821. The van der Waals surface area contributed by atoms with E-state index in [1.54, 1.807) is 24.3 Å². The van der Waals surface area contributed by atoms with Crippen molar-refractivity contribution in [2.45, 2.75) is 20.3 Å². The van der Waals surface area contributed by atoms with Gasteiger partial charge >= 0.3 is 0 Å². The Hall–Kier alpha value is -0.860. The zero-order valence-electron chi connectivity index (χ0n) is 9.74. The van der Waals surface area contributed by atoms with E-state index >= 15 is 0 Å². The van der Waals surface area contributed by atoms with Gasteiger partial charge in [0.2, 0.25) is 0 Å². The van der Waals surface area contributed by atoms with Gasteiger partial charge in [-0.15, -0.1) is 0 Å². The summed E-state index contributed by atoms with van der Waals surface area (Å²) in [7, 11) is 0. The second-order valence-electron chi connectivity index (χ2n) is 4.44. The standard InChI is InChI=1S/C13H18ClNO/c1-9(2)6-11(8-15)13(16)10-4-3-5-12(14)7-10/h3-5,7,9,11H,6,8,15H2,1-2H3. The van der Waals surface area contributed by atoms with Gasteiger partial charge in [0.25, 0.3) is 0 Å². The Morgan fingerprint density at radius 2 is 2.12 bits per heavy atom. The fraction of sp³-hybridized carbons (Fsp3) is 0.462. The monoisotopic (exact) mass is 239 g/mol. The highest BCUT2D eigenvalue weighted by Gasteiger charge is 2.19. The Kier molecular flexibility index (Phi) is 4.97. The summed E-state index contributed by atoms with van der Waals surface area (Å²) in [5.41, 5.74) is 6.30. The number of ketones is 1. The number of carbonyl (C=O) groups excluding carboxylic acids is 1. The van der Waals surface area contributed by atoms with Crippen molar-refractivity contribution in [1.82, 2.24) is 0 Å². The predicted octanol–water partition coefficient (Wildman–Crippen LogP) is 3.14. The third-order valence-electron chi connectivity index (χ3n) is 2.52. The maximum absolute atomic E-state index is 12.1. The van der Waals surface area contributed by atoms with Crippen LogP contribution in [-0.2, 0) is 0 Å². The first-order chi connectivity index (χ1) is 7.54. The van der Waals surface area contributed by atoms with Crippen molar-refractivity contribution in [2.24, 2.45) is 17.6 Å². The summed E-state index contributed by atoms with van der Waals surface area (Å²) in [5.74, 6) is 0.467. The summed E-state index contributed by atoms with van der Waals surface area (Å²) < 4.78 is 0. The van der Waals surface area contributed by atoms with E-state index in [-0.39, 0.29) is 11.7 Å². The molecule has 0 saturated heterocycles. The number of benzene rings is 1. The Labute approximate surface area is 102 Å². The average Bonchev–Trinajstić information content (AvgIpc) is 2.24. The SMILES string of the molecule is CC(C)CC(CN)C(=O)c1cccc(Cl)c1. The van der Waals surface area contributed by atoms with E-state index in [1.165, 1.54) is 0 Å². The lowest BCUT2D eigenvalue weighted by Gasteiger charge is -2.15. The summed E-state index contributed by atoms with van der Waals surface area (Å²) in [5, 5.41) is 0.589. The van der Waals surface area contributed by atoms with Crippen LogP contribution in [0.25, 0.3) is 0 Å². The molecule has 0 fully saturated rings. The van der Waals surface area contributed by atoms with E-state index in [0.29, 0.717) is 23.0 Å². The summed E-state index contributed by atoms with van der Waals surface area (Å²) >= 11 is 5.86. The summed E-state index contributed by atoms with van der Waals surface area (Å²) in [6, 6.07) is 7.04. The first-order valence-corrected chi connectivity index (χ1v) is 5.92. The third kappa shape index (κ3) is 3.62. The van der Waals surface area contributed by atoms with Crippen LogP contribution >= 0.6 is 11.6 Å². The Balaban J connectivity index is 2.82. The number of hydrogen-bond donors (Lipinski definition) is 1. The minimum Gasteiger partial charge on any atom is -0.330 e. The largest absolute Gasteiger partial charge is 0.330 e. The zero-order valence-corrected chi connectivity index (χ0v) is 10.5. The van der Waals surface area contributed by atoms with Gasteiger partial charge in [-0.1, -0.05) is 37.6 Å². The van der Waals surface area contributed by atoms with Crippen LogP contribution in [0.15, 0.2) is 24.3 Å². The molecule has 0 bridgehead atoms. The van der Waals surface area contributed by atoms with E-state index in [2.05, 4.69) is 13.8 Å². The maximum Gasteiger partial charge on any atom is 0.167 e. The lowest BCUT2D eigenvalue weighted by Crippen LogP contribution is -2.25. The normalized spacial score (nSPS) is 12.8. The van der Waals surface area contributed by atoms with Gasteiger partial charge in [-0.05, 0) is 24.5 Å². The molecule has 1 rings (SSSR count). The molecular formula is C13H18ClNO. The molecule has 0 heterocycles. The van der Waals surface area contributed by atoms with Crippen molar-refractivity contribution < 1.29 is 4.79 Å². The minimum absolute atomic E-state index is 0.0960. The molecule has 16 heavy (non-hydrogen) atoms. The zero-order chi connectivity index (χ0) is 12.1. The Bertz CT molecular complexity index is 363. The second-order valence-corrected chi connectivity index (χ2v) is 4.87. The van der Waals surface area contributed by atoms with Gasteiger partial charge in [0.05, 0.1) is 0 Å². The lowest BCUT2D eigenvalue weighted by atomic mass is 9.90. The molecule has 0 aliphatic heterocycles. The van der Waals surface area contributed by atoms with Gasteiger partial charge in [-0.25, -0.2) is 0 Å². The Morgan fingerprint density at radius 3 is 2.62 bits per heavy atom. The van der Waals surface area contributed by atoms with Crippen LogP contribution in [0.3, 0.4) is 0 Å². The molecule has 0 aliphatic carbocycles. The van der Waals surface area contributed by atoms with Gasteiger partial charge in [0.15, 0.2) is 5.78 Å². The number of halogens is 1. The number of Topliss-reactive ketones (excluding diaryl/α,β-unsaturated/α-hetero) is 1. The van der Waals surface area contributed by atoms with Crippen molar-refractivity contribution >= 4 is 17.4 Å². The number of nitrogens with two attached hydrogens (primary N) is 1. The quantitative estimate of drug-likeness (QED) is 0.803. The van der Waals surface area contributed by atoms with Crippen molar-refractivity contribution in [1.29, 1.82) is 0 Å². The minimum atomic E-state index is -0.0986. The molecule has 88 valence electrons. The van der Waals surface area contributed by atoms with Crippen LogP contribution < -0.4 is 5.73 Å². The first-order valence-electron chi connectivity index (χ1n) is 5.54. The van der Waals surface area contributed by atoms with Gasteiger partial charge in [-0.3, -0.25) is 4.79 Å². The van der Waals surface area contributed by atoms with Crippen LogP contribution in [-0.4, -0.2) is 12.3 Å². The smallest absolute Gasteiger partial charge is 0.167 e. The van der Waals surface area contributed by atoms with Crippen LogP contribution in [0.4, 0.5) is 0 Å². The highest BCUT2D eigenvalue weighted by molar-refractivity contribution is 6.31. The summed E-state index contributed by atoms with van der Waals surface area (Å²) in [6.45, 7) is 4.57. The molecule has 1 aromatic carbocycles. The van der Waals surface area contributed by atoms with Crippen LogP contribution in [0.1, 0.15) is 30.6 Å². The fourth-order valence-corrected chi connectivity index (χ4v) is 1.95. The molecule has 0 aliphatic rings. The van der Waals surface area contributed by atoms with E-state index in [9.17, 15) is 4.79 Å². The molecule has 3 heteroatoms. The number of hydrogen-bond acceptors (Lipinski definition) is 2. The van der Waals surface area contributed by atoms with E-state index in [0.717, 1.165) is 6.42 Å². The number of carbonyl (C=O) groups is 1. The van der Waals surface area contributed by atoms with Crippen molar-refractivity contribution in [2.75, 3.05) is 6.54 Å². The van der Waals surface area contributed by atoms with Crippen LogP contribution in [0, 0.1) is 11.8 Å². The van der Waals surface area contributed by atoms with Gasteiger partial charge in [0.1, 0.15) is 0 Å². The highest BCUT2D eigenvalue weighted by atomic mass is 35.5. The van der Waals surface area contributed by atoms with Gasteiger partial charge in [0, 0.05) is 23.0 Å². The lowest BCUT2D eigenvalue weighted by molar-refractivity contribution is 0.0909. The number of rotatable bonds is 5. The van der Waals surface area contributed by atoms with Gasteiger partial charge < -0.3 is 5.73 Å². The fourth-order valence-electron chi connectivity index (χ4n) is 1.76. The van der Waals surface area contributed by atoms with Crippen molar-refractivity contribution in [3.63, 3.8) is 0 Å². The third-order valence-corrected chi connectivity index (χ3v) is 2.76. The molecule has 0 spiro atoms. The molecule has 0 aromatic heterocycles. The van der Waals surface area contributed by atoms with Gasteiger partial charge in [-0.2, -0.15) is 0 Å². The van der Waals surface area contributed by atoms with E-state index in [1.807, 2.05) is 0 Å². The predicted molar refractivity (Wildman–Crippen MR) is 67.8 cm³/mol. The molecule has 2 nitrogen and oxygen atoms in total. The molecule has 0 amide bonds. The van der Waals surface area contributed by atoms with Crippen LogP contribution in [0.2, 0.25) is 5.02 Å². The molecule has 0 saturated carbocycles. The highest BCUT2D eigenvalue weighted by Crippen LogP contribution is 2.18. The van der Waals surface area contributed by atoms with Crippen molar-refractivity contribution in [3.8, 4) is 0 Å². The maximum atomic E-state index is 12.1. The second kappa shape index (κ2) is 6.02. The molecule has 1 aromatic rings. The molecule has 1 atom stereocenters. The molecule has 1 unspecified atom stereocenters. The molecule has 2 N–H and O–H groups in total.